The molecule has 1 N–H and O–H groups in total. The molecule has 0 fully saturated rings. The van der Waals surface area contributed by atoms with Crippen LogP contribution in [0.4, 0.5) is 0 Å². The van der Waals surface area contributed by atoms with Crippen LogP contribution in [0.1, 0.15) is 10.5 Å². The number of carboxylic acids is 1. The van der Waals surface area contributed by atoms with Crippen LogP contribution < -0.4 is 0 Å². The van der Waals surface area contributed by atoms with Gasteiger partial charge in [-0.1, -0.05) is 23.2 Å². The van der Waals surface area contributed by atoms with Gasteiger partial charge in [0.1, 0.15) is 0 Å². The van der Waals surface area contributed by atoms with E-state index in [4.69, 9.17) is 28.3 Å². The Hall–Kier alpha value is -1.66. The maximum Gasteiger partial charge on any atom is 0.359 e. The molecule has 82 valence electrons. The summed E-state index contributed by atoms with van der Waals surface area (Å²) in [7, 11) is 0. The van der Waals surface area contributed by atoms with Gasteiger partial charge in [-0.15, -0.1) is 15.0 Å². The van der Waals surface area contributed by atoms with E-state index in [1.165, 1.54) is 6.20 Å². The van der Waals surface area contributed by atoms with Crippen LogP contribution in [0, 0.1) is 0 Å². The van der Waals surface area contributed by atoms with Crippen LogP contribution >= 0.6 is 23.2 Å². The number of aromatic carboxylic acids is 1. The second-order valence-corrected chi connectivity index (χ2v) is 3.51. The molecule has 0 spiro atoms. The smallest absolute Gasteiger partial charge is 0.359 e. The zero-order valence-electron chi connectivity index (χ0n) is 7.63. The van der Waals surface area contributed by atoms with Crippen LogP contribution in [0.2, 0.25) is 10.2 Å². The van der Waals surface area contributed by atoms with E-state index in [-0.39, 0.29) is 16.7 Å². The van der Waals surface area contributed by atoms with Crippen molar-refractivity contribution < 1.29 is 9.90 Å². The second kappa shape index (κ2) is 4.07. The summed E-state index contributed by atoms with van der Waals surface area (Å²) in [5.41, 5.74) is -0.344. The number of hydrogen-bond acceptors (Lipinski definition) is 4. The Morgan fingerprint density at radius 2 is 2.12 bits per heavy atom. The van der Waals surface area contributed by atoms with Gasteiger partial charge < -0.3 is 5.11 Å². The average Bonchev–Trinajstić information content (AvgIpc) is 2.61. The topological polar surface area (TPSA) is 80.9 Å². The predicted octanol–water partition coefficient (Wildman–Crippen LogP) is 1.67. The summed E-state index contributed by atoms with van der Waals surface area (Å²) >= 11 is 11.4. The lowest BCUT2D eigenvalue weighted by atomic mass is 10.5. The van der Waals surface area contributed by atoms with E-state index in [0.29, 0.717) is 5.02 Å². The molecular formula is C8H4Cl2N4O2. The quantitative estimate of drug-likeness (QED) is 0.887. The molecule has 2 aromatic rings. The second-order valence-electron chi connectivity index (χ2n) is 2.74. The Balaban J connectivity index is 2.54. The van der Waals surface area contributed by atoms with Crippen LogP contribution in [0.25, 0.3) is 5.82 Å². The number of pyridine rings is 1. The number of carbonyl (C=O) groups is 1. The summed E-state index contributed by atoms with van der Waals surface area (Å²) in [5, 5.41) is 16.2. The van der Waals surface area contributed by atoms with E-state index < -0.39 is 5.97 Å². The highest BCUT2D eigenvalue weighted by Gasteiger charge is 2.18. The Morgan fingerprint density at radius 3 is 2.69 bits per heavy atom. The van der Waals surface area contributed by atoms with Gasteiger partial charge in [0.15, 0.2) is 11.0 Å². The number of halogens is 2. The third-order valence-electron chi connectivity index (χ3n) is 1.70. The first-order chi connectivity index (χ1) is 7.59. The molecule has 0 unspecified atom stereocenters. The molecule has 8 heteroatoms. The molecule has 0 amide bonds. The van der Waals surface area contributed by atoms with Crippen molar-refractivity contribution in [2.45, 2.75) is 0 Å². The first kappa shape index (κ1) is 10.8. The van der Waals surface area contributed by atoms with E-state index >= 15 is 0 Å². The van der Waals surface area contributed by atoms with E-state index in [1.54, 1.807) is 12.1 Å². The minimum Gasteiger partial charge on any atom is -0.476 e. The summed E-state index contributed by atoms with van der Waals surface area (Å²) in [5.74, 6) is -1.04. The lowest BCUT2D eigenvalue weighted by Gasteiger charge is -1.98. The molecule has 0 radical (unpaired) electrons. The van der Waals surface area contributed by atoms with Crippen LogP contribution in [-0.4, -0.2) is 31.1 Å². The number of rotatable bonds is 2. The Kier molecular flexibility index (Phi) is 2.76. The molecule has 0 atom stereocenters. The standard InChI is InChI=1S/C8H4Cl2N4O2/c9-4-2-1-3-11-7(4)14-12-5(8(15)16)6(10)13-14/h1-3H,(H,15,16). The number of nitrogens with zero attached hydrogens (tertiary/aromatic N) is 4. The van der Waals surface area contributed by atoms with Crippen molar-refractivity contribution in [3.05, 3.63) is 34.2 Å². The van der Waals surface area contributed by atoms with Gasteiger partial charge in [-0.25, -0.2) is 9.78 Å². The minimum atomic E-state index is -1.26. The van der Waals surface area contributed by atoms with Gasteiger partial charge in [0, 0.05) is 6.20 Å². The maximum absolute atomic E-state index is 10.7. The fraction of sp³-hybridized carbons (Fsp3) is 0. The van der Waals surface area contributed by atoms with Gasteiger partial charge in [-0.2, -0.15) is 0 Å². The highest BCUT2D eigenvalue weighted by Crippen LogP contribution is 2.18. The largest absolute Gasteiger partial charge is 0.476 e. The monoisotopic (exact) mass is 258 g/mol. The van der Waals surface area contributed by atoms with Crippen LogP contribution in [0.5, 0.6) is 0 Å². The summed E-state index contributed by atoms with van der Waals surface area (Å²) in [6.07, 6.45) is 1.49. The molecule has 0 aliphatic heterocycles. The third kappa shape index (κ3) is 1.84. The molecular weight excluding hydrogens is 255 g/mol. The summed E-state index contributed by atoms with van der Waals surface area (Å²) < 4.78 is 0. The van der Waals surface area contributed by atoms with E-state index in [1.807, 2.05) is 0 Å². The van der Waals surface area contributed by atoms with Crippen LogP contribution in [0.15, 0.2) is 18.3 Å². The van der Waals surface area contributed by atoms with Crippen molar-refractivity contribution in [1.82, 2.24) is 20.0 Å². The maximum atomic E-state index is 10.7. The van der Waals surface area contributed by atoms with Crippen LogP contribution in [0.3, 0.4) is 0 Å². The Bertz CT molecular complexity index is 555. The number of aromatic nitrogens is 4. The van der Waals surface area contributed by atoms with Crippen molar-refractivity contribution in [1.29, 1.82) is 0 Å². The fourth-order valence-electron chi connectivity index (χ4n) is 1.04. The van der Waals surface area contributed by atoms with Crippen molar-refractivity contribution in [3.63, 3.8) is 0 Å². The fourth-order valence-corrected chi connectivity index (χ4v) is 1.43. The molecule has 0 bridgehead atoms. The Morgan fingerprint density at radius 1 is 1.38 bits per heavy atom. The van der Waals surface area contributed by atoms with Crippen LogP contribution in [-0.2, 0) is 0 Å². The SMILES string of the molecule is O=C(O)c1nn(-c2ncccc2Cl)nc1Cl. The lowest BCUT2D eigenvalue weighted by Crippen LogP contribution is -2.04. The van der Waals surface area contributed by atoms with E-state index in [2.05, 4.69) is 15.2 Å². The molecule has 0 aromatic carbocycles. The first-order valence-corrected chi connectivity index (χ1v) is 4.82. The number of carboxylic acid groups (broad SMARTS) is 1. The third-order valence-corrected chi connectivity index (χ3v) is 2.25. The summed E-state index contributed by atoms with van der Waals surface area (Å²) in [6.45, 7) is 0. The summed E-state index contributed by atoms with van der Waals surface area (Å²) in [4.78, 5) is 15.6. The minimum absolute atomic E-state index is 0.214. The van der Waals surface area contributed by atoms with E-state index in [0.717, 1.165) is 4.80 Å². The molecule has 0 aliphatic carbocycles. The molecule has 16 heavy (non-hydrogen) atoms. The van der Waals surface area contributed by atoms with Crippen molar-refractivity contribution in [3.8, 4) is 5.82 Å². The zero-order valence-corrected chi connectivity index (χ0v) is 9.14. The Labute approximate surface area is 99.4 Å². The van der Waals surface area contributed by atoms with Crippen molar-refractivity contribution >= 4 is 29.2 Å². The van der Waals surface area contributed by atoms with Gasteiger partial charge in [-0.05, 0) is 12.1 Å². The molecule has 2 heterocycles. The molecule has 6 nitrogen and oxygen atoms in total. The highest BCUT2D eigenvalue weighted by molar-refractivity contribution is 6.32. The zero-order chi connectivity index (χ0) is 11.7. The normalized spacial score (nSPS) is 10.4. The van der Waals surface area contributed by atoms with E-state index in [9.17, 15) is 4.79 Å². The van der Waals surface area contributed by atoms with Gasteiger partial charge >= 0.3 is 5.97 Å². The molecule has 2 rings (SSSR count). The summed E-state index contributed by atoms with van der Waals surface area (Å²) in [6, 6.07) is 3.22. The lowest BCUT2D eigenvalue weighted by molar-refractivity contribution is 0.0690. The van der Waals surface area contributed by atoms with Gasteiger partial charge in [0.05, 0.1) is 5.02 Å². The average molecular weight is 259 g/mol. The molecule has 0 saturated heterocycles. The predicted molar refractivity (Wildman–Crippen MR) is 56.1 cm³/mol. The highest BCUT2D eigenvalue weighted by atomic mass is 35.5. The van der Waals surface area contributed by atoms with Crippen molar-refractivity contribution in [2.75, 3.05) is 0 Å². The number of hydrogen-bond donors (Lipinski definition) is 1. The van der Waals surface area contributed by atoms with Gasteiger partial charge in [0.25, 0.3) is 0 Å². The van der Waals surface area contributed by atoms with Gasteiger partial charge in [-0.3, -0.25) is 0 Å². The first-order valence-electron chi connectivity index (χ1n) is 4.06. The van der Waals surface area contributed by atoms with Gasteiger partial charge in [0.2, 0.25) is 5.69 Å². The molecule has 0 saturated carbocycles. The van der Waals surface area contributed by atoms with Crippen molar-refractivity contribution in [2.24, 2.45) is 0 Å². The molecule has 0 aliphatic rings. The molecule has 2 aromatic heterocycles.